The van der Waals surface area contributed by atoms with Crippen molar-refractivity contribution in [1.82, 2.24) is 4.98 Å². The first-order valence-electron chi connectivity index (χ1n) is 6.01. The van der Waals surface area contributed by atoms with E-state index >= 15 is 0 Å². The molecule has 0 atom stereocenters. The van der Waals surface area contributed by atoms with E-state index in [1.54, 1.807) is 7.11 Å². The quantitative estimate of drug-likeness (QED) is 0.874. The number of anilines is 1. The summed E-state index contributed by atoms with van der Waals surface area (Å²) < 4.78 is 5.13. The summed E-state index contributed by atoms with van der Waals surface area (Å²) in [6, 6.07) is 12.4. The molecule has 2 aromatic rings. The molecule has 1 aromatic carbocycles. The van der Waals surface area contributed by atoms with E-state index in [9.17, 15) is 0 Å². The van der Waals surface area contributed by atoms with Crippen LogP contribution in [0, 0.1) is 6.92 Å². The molecule has 0 fully saturated rings. The zero-order valence-corrected chi connectivity index (χ0v) is 10.8. The molecule has 0 aliphatic heterocycles. The van der Waals surface area contributed by atoms with E-state index in [2.05, 4.69) is 34.6 Å². The number of hydrogen-bond donors (Lipinski definition) is 1. The third kappa shape index (κ3) is 3.57. The van der Waals surface area contributed by atoms with Gasteiger partial charge in [-0.2, -0.15) is 0 Å². The molecule has 2 rings (SSSR count). The van der Waals surface area contributed by atoms with E-state index in [1.807, 2.05) is 25.3 Å². The molecule has 0 amide bonds. The van der Waals surface area contributed by atoms with Crippen LogP contribution in [0.1, 0.15) is 16.8 Å². The number of methoxy groups -OCH3 is 1. The largest absolute Gasteiger partial charge is 0.380 e. The molecule has 0 bridgehead atoms. The van der Waals surface area contributed by atoms with Crippen LogP contribution in [0.15, 0.2) is 42.6 Å². The van der Waals surface area contributed by atoms with Gasteiger partial charge in [-0.05, 0) is 30.2 Å². The van der Waals surface area contributed by atoms with Crippen molar-refractivity contribution in [1.29, 1.82) is 0 Å². The van der Waals surface area contributed by atoms with Crippen molar-refractivity contribution in [3.63, 3.8) is 0 Å². The predicted octanol–water partition coefficient (Wildman–Crippen LogP) is 3.15. The molecule has 1 heterocycles. The third-order valence-corrected chi connectivity index (χ3v) is 2.71. The van der Waals surface area contributed by atoms with Gasteiger partial charge < -0.3 is 10.1 Å². The fourth-order valence-electron chi connectivity index (χ4n) is 1.77. The molecule has 0 saturated heterocycles. The summed E-state index contributed by atoms with van der Waals surface area (Å²) >= 11 is 0. The van der Waals surface area contributed by atoms with Crippen molar-refractivity contribution in [2.24, 2.45) is 0 Å². The van der Waals surface area contributed by atoms with Gasteiger partial charge in [-0.15, -0.1) is 0 Å². The smallest absolute Gasteiger partial charge is 0.0713 e. The van der Waals surface area contributed by atoms with Crippen LogP contribution in [0.5, 0.6) is 0 Å². The standard InChI is InChI=1S/C15H18N2O/c1-12-6-7-15(10-16-12)17-9-13-4-3-5-14(8-13)11-18-2/h3-8,10,17H,9,11H2,1-2H3. The van der Waals surface area contributed by atoms with Gasteiger partial charge >= 0.3 is 0 Å². The first kappa shape index (κ1) is 12.6. The average molecular weight is 242 g/mol. The summed E-state index contributed by atoms with van der Waals surface area (Å²) in [5, 5.41) is 3.35. The number of benzene rings is 1. The lowest BCUT2D eigenvalue weighted by molar-refractivity contribution is 0.185. The monoisotopic (exact) mass is 242 g/mol. The maximum atomic E-state index is 5.13. The molecule has 0 aliphatic rings. The summed E-state index contributed by atoms with van der Waals surface area (Å²) in [4.78, 5) is 4.26. The Kier molecular flexibility index (Phi) is 4.31. The minimum absolute atomic E-state index is 0.653. The van der Waals surface area contributed by atoms with E-state index < -0.39 is 0 Å². The minimum Gasteiger partial charge on any atom is -0.380 e. The van der Waals surface area contributed by atoms with Crippen molar-refractivity contribution in [3.05, 3.63) is 59.4 Å². The van der Waals surface area contributed by atoms with Gasteiger partial charge in [0.1, 0.15) is 0 Å². The van der Waals surface area contributed by atoms with Crippen molar-refractivity contribution >= 4 is 5.69 Å². The number of hydrogen-bond acceptors (Lipinski definition) is 3. The Morgan fingerprint density at radius 1 is 1.17 bits per heavy atom. The molecule has 3 nitrogen and oxygen atoms in total. The number of aryl methyl sites for hydroxylation is 1. The molecular formula is C15H18N2O. The summed E-state index contributed by atoms with van der Waals surface area (Å²) in [6.07, 6.45) is 1.86. The van der Waals surface area contributed by atoms with Crippen LogP contribution < -0.4 is 5.32 Å². The summed E-state index contributed by atoms with van der Waals surface area (Å²) in [5.74, 6) is 0. The minimum atomic E-state index is 0.653. The summed E-state index contributed by atoms with van der Waals surface area (Å²) in [6.45, 7) is 3.43. The highest BCUT2D eigenvalue weighted by Gasteiger charge is 1.97. The lowest BCUT2D eigenvalue weighted by Crippen LogP contribution is -2.00. The molecule has 1 N–H and O–H groups in total. The fraction of sp³-hybridized carbons (Fsp3) is 0.267. The van der Waals surface area contributed by atoms with Gasteiger partial charge in [-0.3, -0.25) is 4.98 Å². The average Bonchev–Trinajstić information content (AvgIpc) is 2.39. The second kappa shape index (κ2) is 6.17. The van der Waals surface area contributed by atoms with Crippen LogP contribution in [-0.4, -0.2) is 12.1 Å². The second-order valence-electron chi connectivity index (χ2n) is 4.29. The van der Waals surface area contributed by atoms with E-state index in [0.717, 1.165) is 17.9 Å². The maximum absolute atomic E-state index is 5.13. The lowest BCUT2D eigenvalue weighted by atomic mass is 10.1. The van der Waals surface area contributed by atoms with Crippen molar-refractivity contribution in [2.75, 3.05) is 12.4 Å². The van der Waals surface area contributed by atoms with Crippen LogP contribution in [0.3, 0.4) is 0 Å². The van der Waals surface area contributed by atoms with Crippen LogP contribution in [-0.2, 0) is 17.9 Å². The Hall–Kier alpha value is -1.87. The Balaban J connectivity index is 1.97. The van der Waals surface area contributed by atoms with Gasteiger partial charge in [-0.25, -0.2) is 0 Å². The zero-order chi connectivity index (χ0) is 12.8. The van der Waals surface area contributed by atoms with E-state index in [4.69, 9.17) is 4.74 Å². The van der Waals surface area contributed by atoms with E-state index in [-0.39, 0.29) is 0 Å². The first-order chi connectivity index (χ1) is 8.78. The van der Waals surface area contributed by atoms with Gasteiger partial charge in [0, 0.05) is 19.3 Å². The lowest BCUT2D eigenvalue weighted by Gasteiger charge is -2.08. The van der Waals surface area contributed by atoms with Crippen molar-refractivity contribution in [3.8, 4) is 0 Å². The fourth-order valence-corrected chi connectivity index (χ4v) is 1.77. The Bertz CT molecular complexity index is 494. The van der Waals surface area contributed by atoms with E-state index in [1.165, 1.54) is 11.1 Å². The summed E-state index contributed by atoms with van der Waals surface area (Å²) in [5.41, 5.74) is 4.50. The zero-order valence-electron chi connectivity index (χ0n) is 10.8. The number of aromatic nitrogens is 1. The van der Waals surface area contributed by atoms with Gasteiger partial charge in [-0.1, -0.05) is 24.3 Å². The highest BCUT2D eigenvalue weighted by molar-refractivity contribution is 5.41. The van der Waals surface area contributed by atoms with Crippen LogP contribution >= 0.6 is 0 Å². The Morgan fingerprint density at radius 3 is 2.72 bits per heavy atom. The molecule has 1 aromatic heterocycles. The maximum Gasteiger partial charge on any atom is 0.0713 e. The molecule has 0 spiro atoms. The van der Waals surface area contributed by atoms with Crippen LogP contribution in [0.4, 0.5) is 5.69 Å². The Labute approximate surface area is 108 Å². The number of nitrogens with one attached hydrogen (secondary N) is 1. The van der Waals surface area contributed by atoms with Crippen molar-refractivity contribution < 1.29 is 4.74 Å². The van der Waals surface area contributed by atoms with Gasteiger partial charge in [0.2, 0.25) is 0 Å². The van der Waals surface area contributed by atoms with Crippen LogP contribution in [0.2, 0.25) is 0 Å². The third-order valence-electron chi connectivity index (χ3n) is 2.71. The number of ether oxygens (including phenoxy) is 1. The predicted molar refractivity (Wildman–Crippen MR) is 73.5 cm³/mol. The van der Waals surface area contributed by atoms with E-state index in [0.29, 0.717) is 6.61 Å². The highest BCUT2D eigenvalue weighted by atomic mass is 16.5. The SMILES string of the molecule is COCc1cccc(CNc2ccc(C)nc2)c1. The Morgan fingerprint density at radius 2 is 2.00 bits per heavy atom. The molecule has 0 aliphatic carbocycles. The molecule has 94 valence electrons. The molecule has 0 saturated carbocycles. The van der Waals surface area contributed by atoms with Gasteiger partial charge in [0.25, 0.3) is 0 Å². The normalized spacial score (nSPS) is 10.3. The number of pyridine rings is 1. The summed E-state index contributed by atoms with van der Waals surface area (Å²) in [7, 11) is 1.71. The topological polar surface area (TPSA) is 34.1 Å². The molecule has 18 heavy (non-hydrogen) atoms. The second-order valence-corrected chi connectivity index (χ2v) is 4.29. The number of rotatable bonds is 5. The van der Waals surface area contributed by atoms with Gasteiger partial charge in [0.15, 0.2) is 0 Å². The highest BCUT2D eigenvalue weighted by Crippen LogP contribution is 2.10. The molecule has 0 unspecified atom stereocenters. The van der Waals surface area contributed by atoms with Crippen molar-refractivity contribution in [2.45, 2.75) is 20.1 Å². The van der Waals surface area contributed by atoms with Crippen LogP contribution in [0.25, 0.3) is 0 Å². The first-order valence-corrected chi connectivity index (χ1v) is 6.01. The molecular weight excluding hydrogens is 224 g/mol. The number of nitrogens with zero attached hydrogens (tertiary/aromatic N) is 1. The van der Waals surface area contributed by atoms with Gasteiger partial charge in [0.05, 0.1) is 18.5 Å². The molecule has 3 heteroatoms. The molecule has 0 radical (unpaired) electrons.